The maximum Gasteiger partial charge on any atom is 0.224 e. The minimum atomic E-state index is -0.313. The molecule has 1 heterocycles. The second-order valence-corrected chi connectivity index (χ2v) is 5.94. The molecule has 0 saturated heterocycles. The Bertz CT molecular complexity index is 887. The fourth-order valence-corrected chi connectivity index (χ4v) is 2.81. The number of hydrogen-bond donors (Lipinski definition) is 1. The Hall–Kier alpha value is -2.95. The van der Waals surface area contributed by atoms with Crippen molar-refractivity contribution in [2.24, 2.45) is 0 Å². The SMILES string of the molecule is Cc1nn(-c2ccccc2)c(C)c1CC(=O)NCc1ccccc1F. The standard InChI is InChI=1S/C20H20FN3O/c1-14-18(15(2)24(23-14)17-9-4-3-5-10-17)12-20(25)22-13-16-8-6-7-11-19(16)21/h3-11H,12-13H2,1-2H3,(H,22,25). The van der Waals surface area contributed by atoms with Gasteiger partial charge in [0, 0.05) is 23.4 Å². The molecular weight excluding hydrogens is 317 g/mol. The topological polar surface area (TPSA) is 46.9 Å². The average Bonchev–Trinajstić information content (AvgIpc) is 2.90. The molecule has 0 aliphatic rings. The largest absolute Gasteiger partial charge is 0.352 e. The second-order valence-electron chi connectivity index (χ2n) is 5.94. The molecule has 0 aliphatic carbocycles. The third-order valence-electron chi connectivity index (χ3n) is 4.21. The molecule has 0 radical (unpaired) electrons. The van der Waals surface area contributed by atoms with Crippen molar-refractivity contribution >= 4 is 5.91 Å². The second kappa shape index (κ2) is 7.30. The van der Waals surface area contributed by atoms with Crippen LogP contribution in [0.2, 0.25) is 0 Å². The Balaban J connectivity index is 1.72. The molecule has 0 unspecified atom stereocenters. The van der Waals surface area contributed by atoms with Gasteiger partial charge in [-0.1, -0.05) is 36.4 Å². The minimum absolute atomic E-state index is 0.151. The zero-order valence-corrected chi connectivity index (χ0v) is 14.3. The van der Waals surface area contributed by atoms with Crippen molar-refractivity contribution in [3.05, 3.63) is 82.9 Å². The molecule has 0 bridgehead atoms. The lowest BCUT2D eigenvalue weighted by Gasteiger charge is -2.07. The van der Waals surface area contributed by atoms with Crippen LogP contribution in [0.1, 0.15) is 22.5 Å². The molecule has 128 valence electrons. The monoisotopic (exact) mass is 337 g/mol. The average molecular weight is 337 g/mol. The maximum absolute atomic E-state index is 13.6. The quantitative estimate of drug-likeness (QED) is 0.775. The highest BCUT2D eigenvalue weighted by Crippen LogP contribution is 2.18. The van der Waals surface area contributed by atoms with Gasteiger partial charge in [0.2, 0.25) is 5.91 Å². The van der Waals surface area contributed by atoms with Gasteiger partial charge in [-0.2, -0.15) is 5.10 Å². The zero-order valence-electron chi connectivity index (χ0n) is 14.3. The van der Waals surface area contributed by atoms with E-state index >= 15 is 0 Å². The number of nitrogens with one attached hydrogen (secondary N) is 1. The number of para-hydroxylation sites is 1. The number of amides is 1. The first kappa shape index (κ1) is 16.9. The van der Waals surface area contributed by atoms with Crippen LogP contribution < -0.4 is 5.32 Å². The highest BCUT2D eigenvalue weighted by atomic mass is 19.1. The van der Waals surface area contributed by atoms with Gasteiger partial charge in [-0.25, -0.2) is 9.07 Å². The maximum atomic E-state index is 13.6. The fourth-order valence-electron chi connectivity index (χ4n) is 2.81. The van der Waals surface area contributed by atoms with E-state index in [1.165, 1.54) is 6.07 Å². The van der Waals surface area contributed by atoms with Crippen LogP contribution in [0.15, 0.2) is 54.6 Å². The van der Waals surface area contributed by atoms with Gasteiger partial charge in [0.15, 0.2) is 0 Å². The summed E-state index contributed by atoms with van der Waals surface area (Å²) in [6.45, 7) is 4.02. The van der Waals surface area contributed by atoms with Crippen molar-refractivity contribution in [1.29, 1.82) is 0 Å². The molecule has 1 amide bonds. The Morgan fingerprint density at radius 3 is 2.48 bits per heavy atom. The Kier molecular flexibility index (Phi) is 4.93. The Morgan fingerprint density at radius 2 is 1.76 bits per heavy atom. The molecule has 3 aromatic rings. The Labute approximate surface area is 146 Å². The molecule has 0 spiro atoms. The van der Waals surface area contributed by atoms with Crippen LogP contribution in [0.4, 0.5) is 4.39 Å². The van der Waals surface area contributed by atoms with Crippen LogP contribution in [-0.2, 0) is 17.8 Å². The van der Waals surface area contributed by atoms with Crippen LogP contribution in [0.25, 0.3) is 5.69 Å². The lowest BCUT2D eigenvalue weighted by molar-refractivity contribution is -0.120. The van der Waals surface area contributed by atoms with Crippen molar-refractivity contribution in [3.8, 4) is 5.69 Å². The first-order valence-electron chi connectivity index (χ1n) is 8.17. The van der Waals surface area contributed by atoms with Gasteiger partial charge in [-0.05, 0) is 32.0 Å². The highest BCUT2D eigenvalue weighted by molar-refractivity contribution is 5.79. The van der Waals surface area contributed by atoms with Gasteiger partial charge in [-0.3, -0.25) is 4.79 Å². The summed E-state index contributed by atoms with van der Waals surface area (Å²) >= 11 is 0. The van der Waals surface area contributed by atoms with Crippen LogP contribution in [0.5, 0.6) is 0 Å². The number of carbonyl (C=O) groups is 1. The molecule has 3 rings (SSSR count). The summed E-state index contributed by atoms with van der Waals surface area (Å²) in [5.74, 6) is -0.464. The van der Waals surface area contributed by atoms with E-state index in [0.29, 0.717) is 5.56 Å². The van der Waals surface area contributed by atoms with Crippen molar-refractivity contribution < 1.29 is 9.18 Å². The van der Waals surface area contributed by atoms with E-state index in [9.17, 15) is 9.18 Å². The number of rotatable bonds is 5. The molecule has 0 aliphatic heterocycles. The molecule has 4 nitrogen and oxygen atoms in total. The van der Waals surface area contributed by atoms with Crippen LogP contribution in [-0.4, -0.2) is 15.7 Å². The van der Waals surface area contributed by atoms with Gasteiger partial charge < -0.3 is 5.32 Å². The van der Waals surface area contributed by atoms with Crippen molar-refractivity contribution in [3.63, 3.8) is 0 Å². The fraction of sp³-hybridized carbons (Fsp3) is 0.200. The number of hydrogen-bond acceptors (Lipinski definition) is 2. The van der Waals surface area contributed by atoms with Gasteiger partial charge in [0.1, 0.15) is 5.82 Å². The van der Waals surface area contributed by atoms with Crippen LogP contribution >= 0.6 is 0 Å². The predicted octanol–water partition coefficient (Wildman–Crippen LogP) is 3.49. The van der Waals surface area contributed by atoms with E-state index in [2.05, 4.69) is 10.4 Å². The third kappa shape index (κ3) is 3.76. The molecule has 0 atom stereocenters. The lowest BCUT2D eigenvalue weighted by Crippen LogP contribution is -2.25. The van der Waals surface area contributed by atoms with Crippen molar-refractivity contribution in [2.75, 3.05) is 0 Å². The van der Waals surface area contributed by atoms with E-state index in [-0.39, 0.29) is 24.7 Å². The van der Waals surface area contributed by atoms with E-state index < -0.39 is 0 Å². The summed E-state index contributed by atoms with van der Waals surface area (Å²) in [6.07, 6.45) is 0.221. The summed E-state index contributed by atoms with van der Waals surface area (Å²) in [5.41, 5.74) is 4.09. The number of carbonyl (C=O) groups excluding carboxylic acids is 1. The lowest BCUT2D eigenvalue weighted by atomic mass is 10.1. The highest BCUT2D eigenvalue weighted by Gasteiger charge is 2.16. The molecule has 5 heteroatoms. The number of aryl methyl sites for hydroxylation is 1. The van der Waals surface area contributed by atoms with Crippen molar-refractivity contribution in [1.82, 2.24) is 15.1 Å². The minimum Gasteiger partial charge on any atom is -0.352 e. The molecule has 2 aromatic carbocycles. The van der Waals surface area contributed by atoms with Crippen LogP contribution in [0, 0.1) is 19.7 Å². The number of nitrogens with zero attached hydrogens (tertiary/aromatic N) is 2. The first-order chi connectivity index (χ1) is 12.1. The smallest absolute Gasteiger partial charge is 0.224 e. The van der Waals surface area contributed by atoms with Gasteiger partial charge in [0.25, 0.3) is 0 Å². The molecule has 0 fully saturated rings. The molecule has 1 N–H and O–H groups in total. The third-order valence-corrected chi connectivity index (χ3v) is 4.21. The molecule has 25 heavy (non-hydrogen) atoms. The summed E-state index contributed by atoms with van der Waals surface area (Å²) in [5, 5.41) is 7.32. The molecular formula is C20H20FN3O. The Morgan fingerprint density at radius 1 is 1.08 bits per heavy atom. The van der Waals surface area contributed by atoms with Crippen LogP contribution in [0.3, 0.4) is 0 Å². The van der Waals surface area contributed by atoms with E-state index in [1.807, 2.05) is 48.9 Å². The van der Waals surface area contributed by atoms with Gasteiger partial charge in [-0.15, -0.1) is 0 Å². The molecule has 0 saturated carbocycles. The van der Waals surface area contributed by atoms with E-state index in [4.69, 9.17) is 0 Å². The number of benzene rings is 2. The predicted molar refractivity (Wildman–Crippen MR) is 95.0 cm³/mol. The summed E-state index contributed by atoms with van der Waals surface area (Å²) in [4.78, 5) is 12.3. The summed E-state index contributed by atoms with van der Waals surface area (Å²) in [7, 11) is 0. The number of halogens is 1. The van der Waals surface area contributed by atoms with Crippen molar-refractivity contribution in [2.45, 2.75) is 26.8 Å². The first-order valence-corrected chi connectivity index (χ1v) is 8.17. The van der Waals surface area contributed by atoms with Gasteiger partial charge in [0.05, 0.1) is 17.8 Å². The van der Waals surface area contributed by atoms with Gasteiger partial charge >= 0.3 is 0 Å². The number of aromatic nitrogens is 2. The van der Waals surface area contributed by atoms with E-state index in [1.54, 1.807) is 18.2 Å². The van der Waals surface area contributed by atoms with E-state index in [0.717, 1.165) is 22.6 Å². The zero-order chi connectivity index (χ0) is 17.8. The summed E-state index contributed by atoms with van der Waals surface area (Å²) in [6, 6.07) is 16.2. The molecule has 1 aromatic heterocycles. The normalized spacial score (nSPS) is 10.7. The summed E-state index contributed by atoms with van der Waals surface area (Å²) < 4.78 is 15.5.